The predicted molar refractivity (Wildman–Crippen MR) is 63.5 cm³/mol. The Labute approximate surface area is 98.4 Å². The van der Waals surface area contributed by atoms with Gasteiger partial charge >= 0.3 is 5.97 Å². The molecule has 2 aliphatic heterocycles. The Morgan fingerprint density at radius 1 is 1.31 bits per heavy atom. The lowest BCUT2D eigenvalue weighted by Gasteiger charge is -2.41. The molecule has 2 saturated heterocycles. The molecular weight excluding hydrogens is 199 g/mol. The molecule has 3 rings (SSSR count). The quantitative estimate of drug-likeness (QED) is 0.462. The van der Waals surface area contributed by atoms with E-state index in [1.807, 2.05) is 0 Å². The largest absolute Gasteiger partial charge is 0.459 e. The molecule has 2 heterocycles. The van der Waals surface area contributed by atoms with Crippen LogP contribution in [-0.4, -0.2) is 18.8 Å². The second-order valence-corrected chi connectivity index (χ2v) is 5.97. The van der Waals surface area contributed by atoms with Crippen LogP contribution in [0.4, 0.5) is 0 Å². The smallest absolute Gasteiger partial charge is 0.301 e. The lowest BCUT2D eigenvalue weighted by atomic mass is 9.49. The zero-order valence-corrected chi connectivity index (χ0v) is 10.1. The molecule has 0 aromatic carbocycles. The maximum absolute atomic E-state index is 11.9. The van der Waals surface area contributed by atoms with Gasteiger partial charge in [-0.15, -0.1) is 0 Å². The van der Waals surface area contributed by atoms with Crippen LogP contribution in [0.25, 0.3) is 0 Å². The molecule has 1 radical (unpaired) electrons. The topological polar surface area (TPSA) is 26.3 Å². The average molecular weight is 219 g/mol. The molecule has 2 nitrogen and oxygen atoms in total. The first-order valence-electron chi connectivity index (χ1n) is 6.77. The molecule has 2 unspecified atom stereocenters. The molecule has 0 bridgehead atoms. The van der Waals surface area contributed by atoms with Gasteiger partial charge in [0.15, 0.2) is 0 Å². The Morgan fingerprint density at radius 3 is 2.81 bits per heavy atom. The van der Waals surface area contributed by atoms with Crippen molar-refractivity contribution in [2.75, 3.05) is 0 Å². The van der Waals surface area contributed by atoms with Crippen molar-refractivity contribution in [3.63, 3.8) is 0 Å². The predicted octanol–water partition coefficient (Wildman–Crippen LogP) is 2.81. The van der Waals surface area contributed by atoms with Crippen LogP contribution < -0.4 is 0 Å². The third-order valence-corrected chi connectivity index (χ3v) is 4.95. The third-order valence-electron chi connectivity index (χ3n) is 4.95. The molecule has 3 fully saturated rings. The van der Waals surface area contributed by atoms with Gasteiger partial charge in [-0.2, -0.15) is 0 Å². The van der Waals surface area contributed by atoms with Crippen molar-refractivity contribution in [3.8, 4) is 0 Å². The fraction of sp³-hybridized carbons (Fsp3) is 0.923. The van der Waals surface area contributed by atoms with E-state index >= 15 is 0 Å². The Balaban J connectivity index is 1.82. The first-order chi connectivity index (χ1) is 7.71. The first kappa shape index (κ1) is 10.7. The molecule has 0 amide bonds. The Kier molecular flexibility index (Phi) is 2.52. The summed E-state index contributed by atoms with van der Waals surface area (Å²) in [6.07, 6.45) is 8.22. The SMILES string of the molecule is CC1CCC2(CC1)OC(=O)C1[B]CCCC12. The van der Waals surface area contributed by atoms with E-state index in [-0.39, 0.29) is 17.4 Å². The number of hydrogen-bond acceptors (Lipinski definition) is 2. The van der Waals surface area contributed by atoms with Gasteiger partial charge in [0.05, 0.1) is 0 Å². The summed E-state index contributed by atoms with van der Waals surface area (Å²) in [5.41, 5.74) is -0.0643. The second kappa shape index (κ2) is 3.78. The molecule has 1 saturated carbocycles. The summed E-state index contributed by atoms with van der Waals surface area (Å²) in [6, 6.07) is 0. The molecule has 3 aliphatic rings. The fourth-order valence-electron chi connectivity index (χ4n) is 3.90. The van der Waals surface area contributed by atoms with Gasteiger partial charge < -0.3 is 4.74 Å². The maximum Gasteiger partial charge on any atom is 0.301 e. The minimum Gasteiger partial charge on any atom is -0.459 e. The fourth-order valence-corrected chi connectivity index (χ4v) is 3.90. The van der Waals surface area contributed by atoms with E-state index in [2.05, 4.69) is 14.2 Å². The Morgan fingerprint density at radius 2 is 2.06 bits per heavy atom. The summed E-state index contributed by atoms with van der Waals surface area (Å²) in [6.45, 7) is 2.31. The van der Waals surface area contributed by atoms with Gasteiger partial charge in [-0.1, -0.05) is 19.7 Å². The number of hydrogen-bond donors (Lipinski definition) is 0. The molecule has 1 aliphatic carbocycles. The molecule has 1 spiro atoms. The van der Waals surface area contributed by atoms with Crippen LogP contribution in [0.2, 0.25) is 12.1 Å². The highest BCUT2D eigenvalue weighted by atomic mass is 16.6. The zero-order chi connectivity index (χ0) is 11.2. The Hall–Kier alpha value is -0.465. The summed E-state index contributed by atoms with van der Waals surface area (Å²) < 4.78 is 5.81. The molecular formula is C13H20BO2. The molecule has 0 aromatic rings. The third kappa shape index (κ3) is 1.51. The number of carbonyl (C=O) groups is 1. The van der Waals surface area contributed by atoms with Crippen LogP contribution >= 0.6 is 0 Å². The minimum absolute atomic E-state index is 0.0643. The highest BCUT2D eigenvalue weighted by Crippen LogP contribution is 2.53. The van der Waals surface area contributed by atoms with E-state index in [4.69, 9.17) is 4.74 Å². The summed E-state index contributed by atoms with van der Waals surface area (Å²) in [7, 11) is 2.21. The van der Waals surface area contributed by atoms with E-state index in [1.165, 1.54) is 25.7 Å². The van der Waals surface area contributed by atoms with Crippen LogP contribution in [-0.2, 0) is 9.53 Å². The van der Waals surface area contributed by atoms with Crippen LogP contribution in [0.5, 0.6) is 0 Å². The van der Waals surface area contributed by atoms with Crippen molar-refractivity contribution in [3.05, 3.63) is 0 Å². The number of ether oxygens (including phenoxy) is 1. The lowest BCUT2D eigenvalue weighted by Crippen LogP contribution is -2.41. The average Bonchev–Trinajstić information content (AvgIpc) is 2.58. The number of esters is 1. The lowest BCUT2D eigenvalue weighted by molar-refractivity contribution is -0.153. The van der Waals surface area contributed by atoms with Crippen molar-refractivity contribution >= 4 is 13.2 Å². The summed E-state index contributed by atoms with van der Waals surface area (Å²) in [5, 5.41) is 0. The van der Waals surface area contributed by atoms with Crippen LogP contribution in [0.3, 0.4) is 0 Å². The van der Waals surface area contributed by atoms with Crippen molar-refractivity contribution < 1.29 is 9.53 Å². The molecule has 16 heavy (non-hydrogen) atoms. The van der Waals surface area contributed by atoms with Crippen molar-refractivity contribution in [2.24, 2.45) is 11.8 Å². The summed E-state index contributed by atoms with van der Waals surface area (Å²) in [5.74, 6) is 1.51. The van der Waals surface area contributed by atoms with Gasteiger partial charge in [0, 0.05) is 11.7 Å². The van der Waals surface area contributed by atoms with E-state index in [9.17, 15) is 4.79 Å². The normalized spacial score (nSPS) is 47.3. The second-order valence-electron chi connectivity index (χ2n) is 5.97. The molecule has 87 valence electrons. The molecule has 3 heteroatoms. The van der Waals surface area contributed by atoms with Crippen molar-refractivity contribution in [1.29, 1.82) is 0 Å². The van der Waals surface area contributed by atoms with E-state index in [0.29, 0.717) is 5.92 Å². The van der Waals surface area contributed by atoms with Crippen LogP contribution in [0, 0.1) is 11.8 Å². The van der Waals surface area contributed by atoms with E-state index in [1.54, 1.807) is 0 Å². The van der Waals surface area contributed by atoms with Gasteiger partial charge in [-0.3, -0.25) is 4.79 Å². The monoisotopic (exact) mass is 219 g/mol. The highest BCUT2D eigenvalue weighted by Gasteiger charge is 2.56. The maximum atomic E-state index is 11.9. The highest BCUT2D eigenvalue weighted by molar-refractivity contribution is 6.44. The molecule has 0 aromatic heterocycles. The van der Waals surface area contributed by atoms with Gasteiger partial charge in [0.2, 0.25) is 0 Å². The summed E-state index contributed by atoms with van der Waals surface area (Å²) >= 11 is 0. The number of rotatable bonds is 0. The van der Waals surface area contributed by atoms with Gasteiger partial charge in [0.25, 0.3) is 0 Å². The van der Waals surface area contributed by atoms with Crippen LogP contribution in [0.15, 0.2) is 0 Å². The van der Waals surface area contributed by atoms with E-state index in [0.717, 1.165) is 25.1 Å². The van der Waals surface area contributed by atoms with E-state index < -0.39 is 0 Å². The number of fused-ring (bicyclic) bond motifs is 2. The van der Waals surface area contributed by atoms with Gasteiger partial charge in [-0.05, 0) is 38.0 Å². The van der Waals surface area contributed by atoms with Gasteiger partial charge in [0.1, 0.15) is 12.9 Å². The van der Waals surface area contributed by atoms with Crippen LogP contribution in [0.1, 0.15) is 45.4 Å². The summed E-state index contributed by atoms with van der Waals surface area (Å²) in [4.78, 5) is 11.9. The van der Waals surface area contributed by atoms with Crippen molar-refractivity contribution in [2.45, 2.75) is 63.2 Å². The standard InChI is InChI=1S/C13H20BO2/c1-9-4-6-13(7-5-9)10-3-2-8-14-11(10)12(15)16-13/h9-11H,2-8H2,1H3. The van der Waals surface area contributed by atoms with Gasteiger partial charge in [-0.25, -0.2) is 0 Å². The number of carbonyl (C=O) groups excluding carboxylic acids is 1. The van der Waals surface area contributed by atoms with Crippen molar-refractivity contribution in [1.82, 2.24) is 0 Å². The first-order valence-corrected chi connectivity index (χ1v) is 6.77. The zero-order valence-electron chi connectivity index (χ0n) is 10.1. The molecule has 0 N–H and O–H groups in total. The minimum atomic E-state index is -0.0643. The molecule has 2 atom stereocenters. The Bertz CT molecular complexity index is 294.